The molecule has 0 atom stereocenters. The van der Waals surface area contributed by atoms with Crippen molar-refractivity contribution in [2.24, 2.45) is 0 Å². The molecule has 1 aliphatic rings. The van der Waals surface area contributed by atoms with Gasteiger partial charge in [0, 0.05) is 4.88 Å². The Labute approximate surface area is 84.0 Å². The first-order valence-corrected chi connectivity index (χ1v) is 5.95. The lowest BCUT2D eigenvalue weighted by Gasteiger charge is -2.21. The van der Waals surface area contributed by atoms with Crippen LogP contribution in [-0.4, -0.2) is 0 Å². The maximum absolute atomic E-state index is 5.99. The molecule has 0 bridgehead atoms. The molecule has 2 rings (SSSR count). The van der Waals surface area contributed by atoms with Crippen molar-refractivity contribution in [1.29, 1.82) is 0 Å². The van der Waals surface area contributed by atoms with Gasteiger partial charge >= 0.3 is 0 Å². The van der Waals surface area contributed by atoms with Gasteiger partial charge in [-0.05, 0) is 37.3 Å². The number of hydrogen-bond acceptors (Lipinski definition) is 2. The number of hydrogen-bond donors (Lipinski definition) is 1. The van der Waals surface area contributed by atoms with E-state index in [1.54, 1.807) is 11.3 Å². The molecule has 1 aromatic rings. The summed E-state index contributed by atoms with van der Waals surface area (Å²) in [6.07, 6.45) is 6.89. The Morgan fingerprint density at radius 3 is 2.54 bits per heavy atom. The van der Waals surface area contributed by atoms with Crippen LogP contribution in [0.2, 0.25) is 0 Å². The lowest BCUT2D eigenvalue weighted by atomic mass is 9.85. The summed E-state index contributed by atoms with van der Waals surface area (Å²) in [6, 6.07) is 2.29. The smallest absolute Gasteiger partial charge is 0.0894 e. The Morgan fingerprint density at radius 2 is 2.00 bits per heavy atom. The molecule has 72 valence electrons. The highest BCUT2D eigenvalue weighted by atomic mass is 32.1. The standard InChI is InChI=1S/C11H17NS/c1-8-7-10(11(12)13-8)9-5-3-2-4-6-9/h7,9H,2-6,12H2,1H3. The summed E-state index contributed by atoms with van der Waals surface area (Å²) >= 11 is 1.74. The van der Waals surface area contributed by atoms with Crippen LogP contribution in [0.1, 0.15) is 48.5 Å². The highest BCUT2D eigenvalue weighted by Gasteiger charge is 2.18. The Kier molecular flexibility index (Phi) is 2.58. The van der Waals surface area contributed by atoms with Crippen molar-refractivity contribution in [3.8, 4) is 0 Å². The van der Waals surface area contributed by atoms with E-state index in [0.29, 0.717) is 0 Å². The lowest BCUT2D eigenvalue weighted by molar-refractivity contribution is 0.445. The van der Waals surface area contributed by atoms with E-state index >= 15 is 0 Å². The second-order valence-corrected chi connectivity index (χ2v) is 5.30. The fourth-order valence-electron chi connectivity index (χ4n) is 2.28. The Bertz CT molecular complexity index is 284. The van der Waals surface area contributed by atoms with Gasteiger partial charge in [-0.1, -0.05) is 19.3 Å². The molecule has 2 N–H and O–H groups in total. The number of nitrogens with two attached hydrogens (primary N) is 1. The minimum absolute atomic E-state index is 0.763. The highest BCUT2D eigenvalue weighted by molar-refractivity contribution is 7.16. The lowest BCUT2D eigenvalue weighted by Crippen LogP contribution is -2.05. The zero-order valence-electron chi connectivity index (χ0n) is 8.18. The first-order valence-electron chi connectivity index (χ1n) is 5.13. The summed E-state index contributed by atoms with van der Waals surface area (Å²) in [7, 11) is 0. The molecule has 0 saturated heterocycles. The summed E-state index contributed by atoms with van der Waals surface area (Å²) < 4.78 is 0. The minimum atomic E-state index is 0.763. The van der Waals surface area contributed by atoms with Gasteiger partial charge in [0.05, 0.1) is 5.00 Å². The summed E-state index contributed by atoms with van der Waals surface area (Å²) in [5.74, 6) is 0.763. The summed E-state index contributed by atoms with van der Waals surface area (Å²) in [5.41, 5.74) is 7.42. The maximum atomic E-state index is 5.99. The van der Waals surface area contributed by atoms with Crippen LogP contribution >= 0.6 is 11.3 Å². The van der Waals surface area contributed by atoms with Crippen LogP contribution in [0.4, 0.5) is 5.00 Å². The van der Waals surface area contributed by atoms with Crippen LogP contribution in [0.15, 0.2) is 6.07 Å². The van der Waals surface area contributed by atoms with E-state index in [1.165, 1.54) is 42.5 Å². The number of anilines is 1. The van der Waals surface area contributed by atoms with Gasteiger partial charge in [0.1, 0.15) is 0 Å². The average Bonchev–Trinajstić information content (AvgIpc) is 2.47. The zero-order valence-corrected chi connectivity index (χ0v) is 8.99. The minimum Gasteiger partial charge on any atom is -0.390 e. The van der Waals surface area contributed by atoms with Crippen molar-refractivity contribution in [3.63, 3.8) is 0 Å². The number of nitrogen functional groups attached to an aromatic ring is 1. The van der Waals surface area contributed by atoms with E-state index < -0.39 is 0 Å². The molecule has 0 amide bonds. The molecule has 0 aliphatic heterocycles. The molecule has 0 unspecified atom stereocenters. The van der Waals surface area contributed by atoms with Crippen molar-refractivity contribution < 1.29 is 0 Å². The predicted molar refractivity (Wildman–Crippen MR) is 59.3 cm³/mol. The molecule has 0 radical (unpaired) electrons. The normalized spacial score (nSPS) is 19.2. The predicted octanol–water partition coefficient (Wildman–Crippen LogP) is 3.69. The van der Waals surface area contributed by atoms with Crippen LogP contribution in [0.5, 0.6) is 0 Å². The molecule has 1 heterocycles. The molecule has 13 heavy (non-hydrogen) atoms. The third kappa shape index (κ3) is 1.88. The monoisotopic (exact) mass is 195 g/mol. The van der Waals surface area contributed by atoms with Gasteiger partial charge in [-0.25, -0.2) is 0 Å². The second kappa shape index (κ2) is 3.70. The van der Waals surface area contributed by atoms with E-state index in [0.717, 1.165) is 10.9 Å². The van der Waals surface area contributed by atoms with Gasteiger partial charge < -0.3 is 5.73 Å². The Morgan fingerprint density at radius 1 is 1.31 bits per heavy atom. The molecule has 1 saturated carbocycles. The first kappa shape index (κ1) is 9.07. The molecular formula is C11H17NS. The van der Waals surface area contributed by atoms with Crippen molar-refractivity contribution >= 4 is 16.3 Å². The number of rotatable bonds is 1. The van der Waals surface area contributed by atoms with E-state index in [-0.39, 0.29) is 0 Å². The average molecular weight is 195 g/mol. The van der Waals surface area contributed by atoms with Crippen LogP contribution in [0, 0.1) is 6.92 Å². The van der Waals surface area contributed by atoms with Crippen molar-refractivity contribution in [1.82, 2.24) is 0 Å². The van der Waals surface area contributed by atoms with E-state index in [2.05, 4.69) is 13.0 Å². The third-order valence-electron chi connectivity index (χ3n) is 2.96. The highest BCUT2D eigenvalue weighted by Crippen LogP contribution is 2.38. The molecule has 1 nitrogen and oxygen atoms in total. The van der Waals surface area contributed by atoms with Gasteiger partial charge in [0.25, 0.3) is 0 Å². The fraction of sp³-hybridized carbons (Fsp3) is 0.636. The van der Waals surface area contributed by atoms with Gasteiger partial charge in [-0.3, -0.25) is 0 Å². The van der Waals surface area contributed by atoms with E-state index in [4.69, 9.17) is 5.73 Å². The summed E-state index contributed by atoms with van der Waals surface area (Å²) in [6.45, 7) is 2.15. The topological polar surface area (TPSA) is 26.0 Å². The maximum Gasteiger partial charge on any atom is 0.0894 e. The van der Waals surface area contributed by atoms with E-state index in [9.17, 15) is 0 Å². The zero-order chi connectivity index (χ0) is 9.26. The fourth-order valence-corrected chi connectivity index (χ4v) is 3.16. The summed E-state index contributed by atoms with van der Waals surface area (Å²) in [5, 5.41) is 1.06. The first-order chi connectivity index (χ1) is 6.27. The van der Waals surface area contributed by atoms with Crippen molar-refractivity contribution in [3.05, 3.63) is 16.5 Å². The van der Waals surface area contributed by atoms with Gasteiger partial charge in [-0.2, -0.15) is 0 Å². The number of aryl methyl sites for hydroxylation is 1. The van der Waals surface area contributed by atoms with E-state index in [1.807, 2.05) is 0 Å². The van der Waals surface area contributed by atoms with Gasteiger partial charge in [-0.15, -0.1) is 11.3 Å². The quantitative estimate of drug-likeness (QED) is 0.726. The molecular weight excluding hydrogens is 178 g/mol. The van der Waals surface area contributed by atoms with Crippen molar-refractivity contribution in [2.45, 2.75) is 44.9 Å². The Hall–Kier alpha value is -0.500. The van der Waals surface area contributed by atoms with Crippen LogP contribution in [-0.2, 0) is 0 Å². The molecule has 1 aliphatic carbocycles. The van der Waals surface area contributed by atoms with Gasteiger partial charge in [0.15, 0.2) is 0 Å². The molecule has 0 aromatic carbocycles. The molecule has 0 spiro atoms. The van der Waals surface area contributed by atoms with Crippen molar-refractivity contribution in [2.75, 3.05) is 5.73 Å². The molecule has 2 heteroatoms. The third-order valence-corrected chi connectivity index (χ3v) is 3.85. The SMILES string of the molecule is Cc1cc(C2CCCCC2)c(N)s1. The molecule has 1 aromatic heterocycles. The van der Waals surface area contributed by atoms with Crippen LogP contribution < -0.4 is 5.73 Å². The van der Waals surface area contributed by atoms with Crippen LogP contribution in [0.25, 0.3) is 0 Å². The summed E-state index contributed by atoms with van der Waals surface area (Å²) in [4.78, 5) is 1.36. The second-order valence-electron chi connectivity index (χ2n) is 4.01. The van der Waals surface area contributed by atoms with Crippen LogP contribution in [0.3, 0.4) is 0 Å². The van der Waals surface area contributed by atoms with Gasteiger partial charge in [0.2, 0.25) is 0 Å². The molecule has 1 fully saturated rings. The largest absolute Gasteiger partial charge is 0.390 e. The number of thiophene rings is 1. The Balaban J connectivity index is 2.18.